The Morgan fingerprint density at radius 1 is 1.10 bits per heavy atom. The smallest absolute Gasteiger partial charge is 0.341 e. The van der Waals surface area contributed by atoms with Gasteiger partial charge in [0, 0.05) is 27.9 Å². The number of aromatic nitrogens is 4. The standard InChI is InChI=1S/C30H27N5O3S2/c1-4-15-35-27(22-17-25(20-11-7-6-8-12-20)31-24-14-10-9-13-21(22)24)33-34-30(35)39-18-26(36)32-28-23(16-19(3)40-28)29(37)38-5-2/h4,6-14,16-17H,1,5,15,18H2,2-3H3,(H,32,36). The molecule has 1 amide bonds. The van der Waals surface area contributed by atoms with E-state index in [4.69, 9.17) is 9.72 Å². The molecule has 0 aliphatic carbocycles. The lowest BCUT2D eigenvalue weighted by atomic mass is 10.0. The van der Waals surface area contributed by atoms with Crippen molar-refractivity contribution in [1.82, 2.24) is 19.7 Å². The van der Waals surface area contributed by atoms with Gasteiger partial charge >= 0.3 is 5.97 Å². The molecule has 1 N–H and O–H groups in total. The van der Waals surface area contributed by atoms with Crippen LogP contribution in [-0.2, 0) is 16.1 Å². The highest BCUT2D eigenvalue weighted by atomic mass is 32.2. The molecule has 0 atom stereocenters. The first-order valence-electron chi connectivity index (χ1n) is 12.7. The second-order valence-corrected chi connectivity index (χ2v) is 11.0. The summed E-state index contributed by atoms with van der Waals surface area (Å²) in [6, 6.07) is 21.7. The Balaban J connectivity index is 1.43. The van der Waals surface area contributed by atoms with Crippen molar-refractivity contribution in [3.63, 3.8) is 0 Å². The number of allylic oxidation sites excluding steroid dienone is 1. The van der Waals surface area contributed by atoms with Crippen LogP contribution in [0.15, 0.2) is 84.5 Å². The number of carbonyl (C=O) groups excluding carboxylic acids is 2. The summed E-state index contributed by atoms with van der Waals surface area (Å²) in [5, 5.41) is 13.8. The number of hydrogen-bond acceptors (Lipinski definition) is 8. The molecule has 5 rings (SSSR count). The Morgan fingerprint density at radius 2 is 1.88 bits per heavy atom. The summed E-state index contributed by atoms with van der Waals surface area (Å²) in [6.07, 6.45) is 1.78. The van der Waals surface area contributed by atoms with Gasteiger partial charge in [0.25, 0.3) is 0 Å². The molecule has 0 saturated carbocycles. The van der Waals surface area contributed by atoms with Gasteiger partial charge in [-0.2, -0.15) is 0 Å². The van der Waals surface area contributed by atoms with Crippen molar-refractivity contribution in [2.45, 2.75) is 25.5 Å². The van der Waals surface area contributed by atoms with Gasteiger partial charge in [0.05, 0.1) is 29.1 Å². The third kappa shape index (κ3) is 5.83. The van der Waals surface area contributed by atoms with Gasteiger partial charge in [0.2, 0.25) is 5.91 Å². The van der Waals surface area contributed by atoms with Crippen LogP contribution in [0.4, 0.5) is 5.00 Å². The van der Waals surface area contributed by atoms with Gasteiger partial charge in [-0.3, -0.25) is 9.36 Å². The molecule has 3 aromatic heterocycles. The van der Waals surface area contributed by atoms with Gasteiger partial charge in [-0.05, 0) is 32.0 Å². The van der Waals surface area contributed by atoms with Crippen LogP contribution >= 0.6 is 23.1 Å². The van der Waals surface area contributed by atoms with Crippen LogP contribution in [0, 0.1) is 6.92 Å². The quantitative estimate of drug-likeness (QED) is 0.115. The Labute approximate surface area is 240 Å². The molecular weight excluding hydrogens is 542 g/mol. The zero-order valence-corrected chi connectivity index (χ0v) is 23.7. The second-order valence-electron chi connectivity index (χ2n) is 8.80. The van der Waals surface area contributed by atoms with Gasteiger partial charge in [-0.25, -0.2) is 9.78 Å². The van der Waals surface area contributed by atoms with Crippen LogP contribution in [0.2, 0.25) is 0 Å². The minimum Gasteiger partial charge on any atom is -0.462 e. The molecule has 40 heavy (non-hydrogen) atoms. The Bertz CT molecular complexity index is 1690. The second kappa shape index (κ2) is 12.3. The van der Waals surface area contributed by atoms with E-state index in [0.717, 1.165) is 32.6 Å². The number of hydrogen-bond donors (Lipinski definition) is 1. The van der Waals surface area contributed by atoms with E-state index >= 15 is 0 Å². The Morgan fingerprint density at radius 3 is 2.65 bits per heavy atom. The largest absolute Gasteiger partial charge is 0.462 e. The number of pyridine rings is 1. The molecule has 0 radical (unpaired) electrons. The number of thioether (sulfide) groups is 1. The lowest BCUT2D eigenvalue weighted by molar-refractivity contribution is -0.113. The van der Waals surface area contributed by atoms with Crippen molar-refractivity contribution in [2.75, 3.05) is 17.7 Å². The number of carbonyl (C=O) groups is 2. The van der Waals surface area contributed by atoms with Gasteiger partial charge in [-0.15, -0.1) is 28.1 Å². The fourth-order valence-electron chi connectivity index (χ4n) is 4.27. The van der Waals surface area contributed by atoms with Crippen LogP contribution in [-0.4, -0.2) is 44.0 Å². The number of nitrogens with zero attached hydrogens (tertiary/aromatic N) is 4. The highest BCUT2D eigenvalue weighted by Crippen LogP contribution is 2.33. The molecule has 2 aromatic carbocycles. The van der Waals surface area contributed by atoms with Gasteiger partial charge < -0.3 is 10.1 Å². The van der Waals surface area contributed by atoms with E-state index in [1.54, 1.807) is 19.1 Å². The number of benzene rings is 2. The first-order chi connectivity index (χ1) is 19.5. The molecule has 8 nitrogen and oxygen atoms in total. The first-order valence-corrected chi connectivity index (χ1v) is 14.5. The third-order valence-electron chi connectivity index (χ3n) is 5.99. The highest BCUT2D eigenvalue weighted by Gasteiger charge is 2.21. The summed E-state index contributed by atoms with van der Waals surface area (Å²) in [7, 11) is 0. The number of thiophene rings is 1. The lowest BCUT2D eigenvalue weighted by Gasteiger charge is -2.12. The number of rotatable bonds is 10. The number of nitrogens with one attached hydrogen (secondary N) is 1. The fraction of sp³-hybridized carbons (Fsp3) is 0.167. The van der Waals surface area contributed by atoms with Crippen molar-refractivity contribution in [3.05, 3.63) is 89.8 Å². The van der Waals surface area contributed by atoms with Crippen molar-refractivity contribution in [1.29, 1.82) is 0 Å². The van der Waals surface area contributed by atoms with Crippen LogP contribution in [0.5, 0.6) is 0 Å². The number of para-hydroxylation sites is 1. The molecule has 0 aliphatic heterocycles. The average Bonchev–Trinajstić information content (AvgIpc) is 3.54. The van der Waals surface area contributed by atoms with Crippen LogP contribution < -0.4 is 5.32 Å². The van der Waals surface area contributed by atoms with E-state index in [2.05, 4.69) is 22.1 Å². The van der Waals surface area contributed by atoms with Crippen molar-refractivity contribution in [3.8, 4) is 22.6 Å². The summed E-state index contributed by atoms with van der Waals surface area (Å²) in [5.41, 5.74) is 3.94. The van der Waals surface area contributed by atoms with E-state index in [-0.39, 0.29) is 18.3 Å². The Hall–Kier alpha value is -4.28. The van der Waals surface area contributed by atoms with Gasteiger partial charge in [0.15, 0.2) is 11.0 Å². The number of amides is 1. The third-order valence-corrected chi connectivity index (χ3v) is 7.92. The summed E-state index contributed by atoms with van der Waals surface area (Å²) in [5.74, 6) is 0.0374. The van der Waals surface area contributed by atoms with Gasteiger partial charge in [-0.1, -0.05) is 66.4 Å². The zero-order valence-electron chi connectivity index (χ0n) is 22.1. The molecule has 0 fully saturated rings. The molecule has 0 aliphatic rings. The molecular formula is C30H27N5O3S2. The summed E-state index contributed by atoms with van der Waals surface area (Å²) in [4.78, 5) is 31.0. The molecule has 3 heterocycles. The van der Waals surface area contributed by atoms with Crippen molar-refractivity contribution >= 4 is 50.9 Å². The summed E-state index contributed by atoms with van der Waals surface area (Å²) >= 11 is 2.61. The topological polar surface area (TPSA) is 99.0 Å². The molecule has 0 spiro atoms. The lowest BCUT2D eigenvalue weighted by Crippen LogP contribution is -2.16. The summed E-state index contributed by atoms with van der Waals surface area (Å²) in [6.45, 7) is 8.26. The first kappa shape index (κ1) is 27.3. The van der Waals surface area contributed by atoms with Crippen LogP contribution in [0.3, 0.4) is 0 Å². The monoisotopic (exact) mass is 569 g/mol. The maximum atomic E-state index is 12.9. The van der Waals surface area contributed by atoms with Crippen LogP contribution in [0.1, 0.15) is 22.2 Å². The maximum absolute atomic E-state index is 12.9. The van der Waals surface area contributed by atoms with E-state index < -0.39 is 5.97 Å². The average molecular weight is 570 g/mol. The zero-order chi connectivity index (χ0) is 28.1. The number of fused-ring (bicyclic) bond motifs is 1. The molecule has 10 heteroatoms. The molecule has 0 saturated heterocycles. The van der Waals surface area contributed by atoms with Crippen molar-refractivity contribution < 1.29 is 14.3 Å². The Kier molecular flexibility index (Phi) is 8.37. The van der Waals surface area contributed by atoms with Gasteiger partial charge in [0.1, 0.15) is 5.00 Å². The predicted molar refractivity (Wildman–Crippen MR) is 161 cm³/mol. The van der Waals surface area contributed by atoms with Crippen molar-refractivity contribution in [2.24, 2.45) is 0 Å². The number of ether oxygens (including phenoxy) is 1. The fourth-order valence-corrected chi connectivity index (χ4v) is 5.93. The highest BCUT2D eigenvalue weighted by molar-refractivity contribution is 7.99. The van der Waals surface area contributed by atoms with Crippen LogP contribution in [0.25, 0.3) is 33.5 Å². The van der Waals surface area contributed by atoms with E-state index in [9.17, 15) is 9.59 Å². The van der Waals surface area contributed by atoms with E-state index in [0.29, 0.717) is 28.1 Å². The summed E-state index contributed by atoms with van der Waals surface area (Å²) < 4.78 is 7.07. The minimum atomic E-state index is -0.454. The minimum absolute atomic E-state index is 0.0842. The number of anilines is 1. The SMILES string of the molecule is C=CCn1c(SCC(=O)Nc2sc(C)cc2C(=O)OCC)nnc1-c1cc(-c2ccccc2)nc2ccccc12. The number of esters is 1. The molecule has 0 bridgehead atoms. The normalized spacial score (nSPS) is 10.9. The van der Waals surface area contributed by atoms with E-state index in [1.165, 1.54) is 23.1 Å². The molecule has 0 unspecified atom stereocenters. The molecule has 5 aromatic rings. The molecule has 202 valence electrons. The van der Waals surface area contributed by atoms with E-state index in [1.807, 2.05) is 72.2 Å². The predicted octanol–water partition coefficient (Wildman–Crippen LogP) is 6.62. The maximum Gasteiger partial charge on any atom is 0.341 e. The number of aryl methyl sites for hydroxylation is 1.